The van der Waals surface area contributed by atoms with E-state index in [1.54, 1.807) is 13.0 Å². The van der Waals surface area contributed by atoms with E-state index in [9.17, 15) is 18.7 Å². The molecule has 2 aromatic carbocycles. The van der Waals surface area contributed by atoms with Gasteiger partial charge in [0, 0.05) is 9.61 Å². The molecule has 0 aliphatic carbocycles. The molecule has 1 atom stereocenters. The molecule has 1 aliphatic rings. The number of benzene rings is 2. The summed E-state index contributed by atoms with van der Waals surface area (Å²) in [6.45, 7) is 3.59. The van der Waals surface area contributed by atoms with Gasteiger partial charge in [0.25, 0.3) is 5.91 Å². The van der Waals surface area contributed by atoms with Crippen molar-refractivity contribution in [2.24, 2.45) is 5.73 Å². The molecule has 3 rings (SSSR count). The topological polar surface area (TPSA) is 78.6 Å². The minimum atomic E-state index is -1.14. The van der Waals surface area contributed by atoms with Crippen LogP contribution in [-0.2, 0) is 0 Å². The summed E-state index contributed by atoms with van der Waals surface area (Å²) in [4.78, 5) is 14.3. The number of nitrogens with one attached hydrogen (secondary N) is 1. The van der Waals surface area contributed by atoms with Crippen molar-refractivity contribution in [3.8, 4) is 0 Å². The zero-order valence-corrected chi connectivity index (χ0v) is 17.8. The summed E-state index contributed by atoms with van der Waals surface area (Å²) in [5.74, 6) is -1.61. The summed E-state index contributed by atoms with van der Waals surface area (Å²) >= 11 is 1.98. The molecule has 1 aliphatic heterocycles. The number of β-amino-alcohol motifs (C(OH)–C–C–N with tert-alkyl or cyclic N) is 1. The van der Waals surface area contributed by atoms with Crippen LogP contribution in [0.5, 0.6) is 0 Å². The van der Waals surface area contributed by atoms with Gasteiger partial charge >= 0.3 is 0 Å². The van der Waals surface area contributed by atoms with E-state index in [1.807, 2.05) is 29.5 Å². The maximum atomic E-state index is 14.8. The molecule has 1 amide bonds. The molecule has 0 saturated carbocycles. The quantitative estimate of drug-likeness (QED) is 0.548. The summed E-state index contributed by atoms with van der Waals surface area (Å²) < 4.78 is 29.7. The maximum Gasteiger partial charge on any atom is 0.256 e. The molecule has 150 valence electrons. The fourth-order valence-corrected chi connectivity index (χ4v) is 3.70. The molecule has 2 aromatic rings. The summed E-state index contributed by atoms with van der Waals surface area (Å²) in [5, 5.41) is 13.2. The first-order valence-electron chi connectivity index (χ1n) is 8.94. The van der Waals surface area contributed by atoms with Gasteiger partial charge in [-0.3, -0.25) is 4.79 Å². The van der Waals surface area contributed by atoms with Gasteiger partial charge in [0.1, 0.15) is 17.2 Å². The van der Waals surface area contributed by atoms with Crippen LogP contribution in [-0.4, -0.2) is 40.6 Å². The molecule has 0 radical (unpaired) electrons. The molecule has 1 saturated heterocycles. The van der Waals surface area contributed by atoms with Crippen LogP contribution >= 0.6 is 22.6 Å². The maximum absolute atomic E-state index is 14.8. The van der Waals surface area contributed by atoms with Crippen molar-refractivity contribution in [1.29, 1.82) is 0 Å². The highest BCUT2D eigenvalue weighted by Crippen LogP contribution is 2.32. The molecule has 0 bridgehead atoms. The zero-order chi connectivity index (χ0) is 20.6. The van der Waals surface area contributed by atoms with Crippen LogP contribution < -0.4 is 11.1 Å². The number of amides is 1. The Bertz CT molecular complexity index is 917. The molecule has 1 heterocycles. The van der Waals surface area contributed by atoms with Crippen LogP contribution in [0.3, 0.4) is 0 Å². The molecular formula is C20H22F2IN3O2. The van der Waals surface area contributed by atoms with Gasteiger partial charge in [-0.2, -0.15) is 0 Å². The Hall–Kier alpha value is -1.78. The van der Waals surface area contributed by atoms with E-state index >= 15 is 0 Å². The lowest BCUT2D eigenvalue weighted by Gasteiger charge is -2.49. The summed E-state index contributed by atoms with van der Waals surface area (Å²) in [6, 6.07) is 7.06. The highest BCUT2D eigenvalue weighted by Gasteiger charge is 2.47. The Balaban J connectivity index is 1.90. The first-order chi connectivity index (χ1) is 13.2. The normalized spacial score (nSPS) is 16.5. The number of rotatable bonds is 5. The fraction of sp³-hybridized carbons (Fsp3) is 0.350. The Kier molecular flexibility index (Phi) is 5.92. The summed E-state index contributed by atoms with van der Waals surface area (Å²) in [6.07, 6.45) is 0.580. The van der Waals surface area contributed by atoms with Crippen LogP contribution in [0.2, 0.25) is 0 Å². The van der Waals surface area contributed by atoms with Crippen molar-refractivity contribution >= 4 is 39.9 Å². The Morgan fingerprint density at radius 2 is 2.04 bits per heavy atom. The zero-order valence-electron chi connectivity index (χ0n) is 15.6. The first-order valence-corrected chi connectivity index (χ1v) is 10.0. The van der Waals surface area contributed by atoms with Gasteiger partial charge in [-0.15, -0.1) is 0 Å². The van der Waals surface area contributed by atoms with E-state index < -0.39 is 29.2 Å². The smallest absolute Gasteiger partial charge is 0.256 e. The van der Waals surface area contributed by atoms with E-state index in [2.05, 4.69) is 5.32 Å². The van der Waals surface area contributed by atoms with Crippen LogP contribution in [0, 0.1) is 22.1 Å². The number of likely N-dealkylation sites (tertiary alicyclic amines) is 1. The average Bonchev–Trinajstić information content (AvgIpc) is 2.63. The van der Waals surface area contributed by atoms with Gasteiger partial charge in [0.15, 0.2) is 0 Å². The van der Waals surface area contributed by atoms with Gasteiger partial charge in [0.2, 0.25) is 0 Å². The number of nitrogens with two attached hydrogens (primary N) is 1. The molecule has 28 heavy (non-hydrogen) atoms. The number of aliphatic hydroxyl groups is 1. The van der Waals surface area contributed by atoms with Gasteiger partial charge in [0.05, 0.1) is 30.0 Å². The van der Waals surface area contributed by atoms with Crippen molar-refractivity contribution in [3.05, 3.63) is 56.7 Å². The molecular weight excluding hydrogens is 479 g/mol. The second-order valence-electron chi connectivity index (χ2n) is 7.15. The number of hydrogen-bond acceptors (Lipinski definition) is 4. The summed E-state index contributed by atoms with van der Waals surface area (Å²) in [7, 11) is 0. The Morgan fingerprint density at radius 3 is 2.64 bits per heavy atom. The number of nitrogens with zero attached hydrogens (tertiary/aromatic N) is 1. The van der Waals surface area contributed by atoms with Gasteiger partial charge in [-0.05, 0) is 65.8 Å². The number of halogens is 3. The molecule has 1 fully saturated rings. The standard InChI is InChI=1S/C20H22F2IN3O2/c1-3-16(24)20(28)9-26(10-20)19(27)13-6-4-11(2)17(22)18(13)25-15-7-5-12(23)8-14(15)21/h4-8,16,25,28H,3,9-10,24H2,1-2H3/t16-/m1/s1. The molecule has 8 heteroatoms. The highest BCUT2D eigenvalue weighted by molar-refractivity contribution is 14.1. The lowest BCUT2D eigenvalue weighted by molar-refractivity contribution is -0.0971. The van der Waals surface area contributed by atoms with E-state index in [4.69, 9.17) is 5.73 Å². The Morgan fingerprint density at radius 1 is 1.36 bits per heavy atom. The first kappa shape index (κ1) is 20.9. The second-order valence-corrected chi connectivity index (χ2v) is 8.39. The van der Waals surface area contributed by atoms with Crippen molar-refractivity contribution in [1.82, 2.24) is 4.90 Å². The minimum absolute atomic E-state index is 0.0760. The molecule has 0 unspecified atom stereocenters. The van der Waals surface area contributed by atoms with Crippen LogP contribution in [0.1, 0.15) is 29.3 Å². The lowest BCUT2D eigenvalue weighted by atomic mass is 9.84. The van der Waals surface area contributed by atoms with Crippen LogP contribution in [0.15, 0.2) is 30.3 Å². The number of carbonyl (C=O) groups excluding carboxylic acids is 1. The average molecular weight is 501 g/mol. The minimum Gasteiger partial charge on any atom is -0.385 e. The largest absolute Gasteiger partial charge is 0.385 e. The second kappa shape index (κ2) is 7.92. The third-order valence-corrected chi connectivity index (χ3v) is 5.77. The van der Waals surface area contributed by atoms with E-state index in [-0.39, 0.29) is 30.0 Å². The molecule has 4 N–H and O–H groups in total. The highest BCUT2D eigenvalue weighted by atomic mass is 127. The SMILES string of the molecule is CC[C@@H](N)C1(O)CN(C(=O)c2ccc(C)c(F)c2Nc2ccc(I)cc2F)C1. The van der Waals surface area contributed by atoms with Gasteiger partial charge < -0.3 is 21.1 Å². The van der Waals surface area contributed by atoms with Crippen molar-refractivity contribution < 1.29 is 18.7 Å². The van der Waals surface area contributed by atoms with Gasteiger partial charge in [-0.1, -0.05) is 13.0 Å². The molecule has 0 aromatic heterocycles. The lowest BCUT2D eigenvalue weighted by Crippen LogP contribution is -2.70. The van der Waals surface area contributed by atoms with Crippen LogP contribution in [0.4, 0.5) is 20.2 Å². The number of anilines is 2. The monoisotopic (exact) mass is 501 g/mol. The Labute approximate surface area is 176 Å². The third kappa shape index (κ3) is 3.85. The number of hydrogen-bond donors (Lipinski definition) is 3. The van der Waals surface area contributed by atoms with Crippen molar-refractivity contribution in [3.63, 3.8) is 0 Å². The number of aryl methyl sites for hydroxylation is 1. The number of carbonyl (C=O) groups is 1. The van der Waals surface area contributed by atoms with Crippen LogP contribution in [0.25, 0.3) is 0 Å². The van der Waals surface area contributed by atoms with Crippen molar-refractivity contribution in [2.45, 2.75) is 31.9 Å². The van der Waals surface area contributed by atoms with E-state index in [1.165, 1.54) is 29.2 Å². The molecule has 0 spiro atoms. The fourth-order valence-electron chi connectivity index (χ4n) is 3.25. The van der Waals surface area contributed by atoms with E-state index in [0.717, 1.165) is 0 Å². The third-order valence-electron chi connectivity index (χ3n) is 5.10. The predicted octanol–water partition coefficient (Wildman–Crippen LogP) is 3.55. The van der Waals surface area contributed by atoms with Gasteiger partial charge in [-0.25, -0.2) is 8.78 Å². The van der Waals surface area contributed by atoms with E-state index in [0.29, 0.717) is 15.6 Å². The van der Waals surface area contributed by atoms with Crippen molar-refractivity contribution in [2.75, 3.05) is 18.4 Å². The predicted molar refractivity (Wildman–Crippen MR) is 113 cm³/mol. The summed E-state index contributed by atoms with van der Waals surface area (Å²) in [5.41, 5.74) is 5.18. The molecule has 5 nitrogen and oxygen atoms in total.